The Hall–Kier alpha value is -3.67. The molecule has 2 aromatic carbocycles. The van der Waals surface area contributed by atoms with Crippen molar-refractivity contribution in [2.75, 3.05) is 11.9 Å². The maximum Gasteiger partial charge on any atom is 0.263 e. The van der Waals surface area contributed by atoms with Gasteiger partial charge in [0.25, 0.3) is 10.0 Å². The third-order valence-electron chi connectivity index (χ3n) is 4.14. The van der Waals surface area contributed by atoms with Gasteiger partial charge < -0.3 is 5.32 Å². The van der Waals surface area contributed by atoms with Gasteiger partial charge in [0.1, 0.15) is 18.2 Å². The van der Waals surface area contributed by atoms with Gasteiger partial charge in [-0.15, -0.1) is 5.10 Å². The number of anilines is 1. The van der Waals surface area contributed by atoms with E-state index >= 15 is 0 Å². The van der Waals surface area contributed by atoms with E-state index in [2.05, 4.69) is 30.6 Å². The van der Waals surface area contributed by atoms with Crippen molar-refractivity contribution in [3.05, 3.63) is 59.7 Å². The normalized spacial score (nSPS) is 15.7. The Morgan fingerprint density at radius 1 is 1.28 bits per heavy atom. The molecule has 29 heavy (non-hydrogen) atoms. The van der Waals surface area contributed by atoms with Gasteiger partial charge in [-0.3, -0.25) is 14.5 Å². The van der Waals surface area contributed by atoms with Crippen molar-refractivity contribution in [2.45, 2.75) is 11.8 Å². The van der Waals surface area contributed by atoms with E-state index in [1.54, 1.807) is 25.1 Å². The second-order valence-electron chi connectivity index (χ2n) is 6.12. The summed E-state index contributed by atoms with van der Waals surface area (Å²) in [6.07, 6.45) is 0. The van der Waals surface area contributed by atoms with Crippen molar-refractivity contribution in [3.8, 4) is 5.69 Å². The molecule has 10 nitrogen and oxygen atoms in total. The van der Waals surface area contributed by atoms with Gasteiger partial charge in [0.15, 0.2) is 5.82 Å². The van der Waals surface area contributed by atoms with Crippen LogP contribution in [-0.4, -0.2) is 46.9 Å². The zero-order valence-corrected chi connectivity index (χ0v) is 15.8. The Morgan fingerprint density at radius 2 is 2.07 bits per heavy atom. The van der Waals surface area contributed by atoms with Crippen LogP contribution < -0.4 is 10.0 Å². The van der Waals surface area contributed by atoms with Crippen molar-refractivity contribution >= 4 is 27.5 Å². The number of sulfonamides is 1. The van der Waals surface area contributed by atoms with Gasteiger partial charge in [-0.25, -0.2) is 12.8 Å². The number of hydrogen-bond acceptors (Lipinski definition) is 7. The average Bonchev–Trinajstić information content (AvgIpc) is 3.23. The number of tetrazole rings is 1. The lowest BCUT2D eigenvalue weighted by Crippen LogP contribution is -2.24. The first-order chi connectivity index (χ1) is 13.8. The van der Waals surface area contributed by atoms with Crippen LogP contribution in [-0.2, 0) is 14.8 Å². The molecule has 0 fully saturated rings. The molecule has 0 bridgehead atoms. The molecule has 0 unspecified atom stereocenters. The highest BCUT2D eigenvalue weighted by Crippen LogP contribution is 2.22. The fourth-order valence-electron chi connectivity index (χ4n) is 2.80. The summed E-state index contributed by atoms with van der Waals surface area (Å²) in [7, 11) is -3.70. The van der Waals surface area contributed by atoms with Gasteiger partial charge in [0.05, 0.1) is 16.3 Å². The van der Waals surface area contributed by atoms with Crippen molar-refractivity contribution in [3.63, 3.8) is 0 Å². The average molecular weight is 415 g/mol. The molecule has 0 aliphatic carbocycles. The first-order valence-corrected chi connectivity index (χ1v) is 9.85. The van der Waals surface area contributed by atoms with Crippen LogP contribution in [0.5, 0.6) is 0 Å². The maximum absolute atomic E-state index is 14.1. The molecule has 1 aliphatic heterocycles. The molecule has 0 spiro atoms. The van der Waals surface area contributed by atoms with E-state index in [9.17, 15) is 17.6 Å². The largest absolute Gasteiger partial charge is 0.322 e. The topological polar surface area (TPSA) is 131 Å². The number of aromatic nitrogens is 4. The fraction of sp³-hybridized carbons (Fsp3) is 0.118. The van der Waals surface area contributed by atoms with E-state index in [4.69, 9.17) is 0 Å². The van der Waals surface area contributed by atoms with E-state index in [0.29, 0.717) is 17.1 Å². The Kier molecular flexibility index (Phi) is 4.54. The number of amides is 1. The summed E-state index contributed by atoms with van der Waals surface area (Å²) in [4.78, 5) is 16.4. The summed E-state index contributed by atoms with van der Waals surface area (Å²) in [5.41, 5.74) is 0.769. The number of benzene rings is 2. The van der Waals surface area contributed by atoms with E-state index in [1.807, 2.05) is 0 Å². The summed E-state index contributed by atoms with van der Waals surface area (Å²) in [6, 6.07) is 10.3. The molecule has 2 heterocycles. The molecule has 0 atom stereocenters. The molecule has 4 rings (SSSR count). The molecule has 12 heteroatoms. The van der Waals surface area contributed by atoms with Gasteiger partial charge in [0.2, 0.25) is 5.91 Å². The van der Waals surface area contributed by atoms with Gasteiger partial charge in [0, 0.05) is 5.56 Å². The molecule has 0 saturated heterocycles. The number of halogens is 1. The van der Waals surface area contributed by atoms with E-state index in [0.717, 1.165) is 0 Å². The van der Waals surface area contributed by atoms with Gasteiger partial charge in [-0.1, -0.05) is 12.1 Å². The monoisotopic (exact) mass is 415 g/mol. The van der Waals surface area contributed by atoms with Crippen molar-refractivity contribution in [1.29, 1.82) is 0 Å². The minimum Gasteiger partial charge on any atom is -0.322 e. The molecular weight excluding hydrogens is 401 g/mol. The summed E-state index contributed by atoms with van der Waals surface area (Å²) in [6.45, 7) is 1.28. The Morgan fingerprint density at radius 3 is 2.83 bits per heavy atom. The number of nitrogens with zero attached hydrogens (tertiary/aromatic N) is 5. The summed E-state index contributed by atoms with van der Waals surface area (Å²) >= 11 is 0. The maximum atomic E-state index is 14.1. The quantitative estimate of drug-likeness (QED) is 0.648. The zero-order valence-electron chi connectivity index (χ0n) is 15.0. The molecule has 0 radical (unpaired) electrons. The van der Waals surface area contributed by atoms with Crippen LogP contribution in [0.1, 0.15) is 11.4 Å². The van der Waals surface area contributed by atoms with Crippen LogP contribution in [0.4, 0.5) is 10.1 Å². The molecule has 1 aliphatic rings. The number of amidine groups is 1. The molecule has 3 aromatic rings. The zero-order chi connectivity index (χ0) is 20.6. The van der Waals surface area contributed by atoms with Crippen LogP contribution >= 0.6 is 0 Å². The number of aliphatic imine (C=N–C) groups is 1. The highest BCUT2D eigenvalue weighted by Gasteiger charge is 2.30. The number of hydrogen-bond donors (Lipinski definition) is 2. The van der Waals surface area contributed by atoms with Crippen LogP contribution in [0.25, 0.3) is 5.69 Å². The lowest BCUT2D eigenvalue weighted by atomic mass is 10.2. The Balaban J connectivity index is 1.53. The van der Waals surface area contributed by atoms with Crippen molar-refractivity contribution < 1.29 is 17.6 Å². The van der Waals surface area contributed by atoms with E-state index in [1.165, 1.54) is 28.9 Å². The van der Waals surface area contributed by atoms with Crippen LogP contribution in [0.3, 0.4) is 0 Å². The van der Waals surface area contributed by atoms with Crippen molar-refractivity contribution in [2.24, 2.45) is 4.99 Å². The van der Waals surface area contributed by atoms with Crippen LogP contribution in [0.2, 0.25) is 0 Å². The first kappa shape index (κ1) is 18.7. The van der Waals surface area contributed by atoms with Crippen LogP contribution in [0, 0.1) is 12.7 Å². The minimum absolute atomic E-state index is 0.0642. The van der Waals surface area contributed by atoms with E-state index in [-0.39, 0.29) is 16.4 Å². The summed E-state index contributed by atoms with van der Waals surface area (Å²) in [5, 5.41) is 13.5. The Bertz CT molecular complexity index is 1250. The number of nitrogens with one attached hydrogen (secondary N) is 2. The van der Waals surface area contributed by atoms with Gasteiger partial charge >= 0.3 is 0 Å². The molecule has 2 N–H and O–H groups in total. The second kappa shape index (κ2) is 7.05. The van der Waals surface area contributed by atoms with Gasteiger partial charge in [-0.2, -0.15) is 4.68 Å². The molecule has 148 valence electrons. The summed E-state index contributed by atoms with van der Waals surface area (Å²) < 4.78 is 41.9. The van der Waals surface area contributed by atoms with E-state index < -0.39 is 28.3 Å². The van der Waals surface area contributed by atoms with Crippen LogP contribution in [0.15, 0.2) is 52.4 Å². The Labute approximate surface area is 164 Å². The molecule has 1 amide bonds. The smallest absolute Gasteiger partial charge is 0.263 e. The molecule has 0 saturated carbocycles. The lowest BCUT2D eigenvalue weighted by Gasteiger charge is -2.08. The number of carbonyl (C=O) groups is 1. The van der Waals surface area contributed by atoms with Crippen molar-refractivity contribution in [1.82, 2.24) is 24.9 Å². The minimum atomic E-state index is -3.70. The highest BCUT2D eigenvalue weighted by atomic mass is 32.2. The third kappa shape index (κ3) is 3.57. The number of fused-ring (bicyclic) bond motifs is 1. The SMILES string of the molecule is Cc1nnnn1-c1ccc(F)c(NC(=O)CN=C2NS(=O)(=O)c3ccccc32)c1. The summed E-state index contributed by atoms with van der Waals surface area (Å²) in [5.74, 6) is -0.709. The van der Waals surface area contributed by atoms with Gasteiger partial charge in [-0.05, 0) is 47.7 Å². The predicted molar refractivity (Wildman–Crippen MR) is 101 cm³/mol. The standard InChI is InChI=1S/C17H14FN7O3S/c1-10-21-23-24-25(10)11-6-7-13(18)14(8-11)20-16(26)9-19-17-12-4-2-3-5-15(12)29(27,28)22-17/h2-8H,9H2,1H3,(H,19,22)(H,20,26). The number of aryl methyl sites for hydroxylation is 1. The lowest BCUT2D eigenvalue weighted by molar-refractivity contribution is -0.114. The highest BCUT2D eigenvalue weighted by molar-refractivity contribution is 7.90. The first-order valence-electron chi connectivity index (χ1n) is 8.36. The number of carbonyl (C=O) groups excluding carboxylic acids is 1. The predicted octanol–water partition coefficient (Wildman–Crippen LogP) is 0.787. The second-order valence-corrected chi connectivity index (χ2v) is 7.77. The molecular formula is C17H14FN7O3S. The number of rotatable bonds is 4. The third-order valence-corrected chi connectivity index (χ3v) is 5.53. The fourth-order valence-corrected chi connectivity index (χ4v) is 4.05. The molecule has 1 aromatic heterocycles.